The molecule has 0 saturated carbocycles. The van der Waals surface area contributed by atoms with Gasteiger partial charge in [-0.15, -0.1) is 0 Å². The molecule has 2 aromatic rings. The smallest absolute Gasteiger partial charge is 0.106 e. The molecule has 0 aliphatic carbocycles. The van der Waals surface area contributed by atoms with Crippen LogP contribution in [0.2, 0.25) is 0 Å². The van der Waals surface area contributed by atoms with E-state index in [-0.39, 0.29) is 0 Å². The van der Waals surface area contributed by atoms with Crippen molar-refractivity contribution >= 4 is 15.9 Å². The van der Waals surface area contributed by atoms with Gasteiger partial charge in [0.1, 0.15) is 4.60 Å². The molecular formula is C14H15BrN2. The molecule has 0 aliphatic heterocycles. The predicted molar refractivity (Wildman–Crippen MR) is 73.8 cm³/mol. The van der Waals surface area contributed by atoms with E-state index in [1.807, 2.05) is 18.3 Å². The summed E-state index contributed by atoms with van der Waals surface area (Å²) in [6, 6.07) is 14.6. The van der Waals surface area contributed by atoms with Gasteiger partial charge in [0, 0.05) is 12.7 Å². The second-order valence-corrected chi connectivity index (χ2v) is 4.71. The van der Waals surface area contributed by atoms with E-state index in [2.05, 4.69) is 56.6 Å². The van der Waals surface area contributed by atoms with Crippen molar-refractivity contribution in [1.29, 1.82) is 0 Å². The predicted octanol–water partition coefficient (Wildman–Crippen LogP) is 3.18. The number of hydrogen-bond donors (Lipinski definition) is 1. The summed E-state index contributed by atoms with van der Waals surface area (Å²) in [6.45, 7) is 1.85. The first-order valence-corrected chi connectivity index (χ1v) is 6.49. The lowest BCUT2D eigenvalue weighted by Crippen LogP contribution is -2.16. The Bertz CT molecular complexity index is 440. The molecule has 0 saturated heterocycles. The first-order chi connectivity index (χ1) is 8.34. The molecule has 0 aliphatic rings. The Kier molecular flexibility index (Phi) is 4.71. The van der Waals surface area contributed by atoms with Gasteiger partial charge in [-0.3, -0.25) is 0 Å². The molecule has 0 fully saturated rings. The zero-order valence-electron chi connectivity index (χ0n) is 9.57. The molecular weight excluding hydrogens is 276 g/mol. The topological polar surface area (TPSA) is 24.9 Å². The summed E-state index contributed by atoms with van der Waals surface area (Å²) in [7, 11) is 0. The molecule has 1 aromatic heterocycles. The van der Waals surface area contributed by atoms with Crippen molar-refractivity contribution in [1.82, 2.24) is 10.3 Å². The fourth-order valence-corrected chi connectivity index (χ4v) is 1.86. The Morgan fingerprint density at radius 3 is 2.53 bits per heavy atom. The monoisotopic (exact) mass is 290 g/mol. The van der Waals surface area contributed by atoms with E-state index in [4.69, 9.17) is 0 Å². The van der Waals surface area contributed by atoms with Crippen molar-refractivity contribution < 1.29 is 0 Å². The van der Waals surface area contributed by atoms with Gasteiger partial charge in [-0.25, -0.2) is 4.98 Å². The van der Waals surface area contributed by atoms with Crippen LogP contribution in [-0.4, -0.2) is 11.5 Å². The lowest BCUT2D eigenvalue weighted by atomic mass is 10.1. The van der Waals surface area contributed by atoms with E-state index in [1.54, 1.807) is 0 Å². The Labute approximate surface area is 110 Å². The van der Waals surface area contributed by atoms with Gasteiger partial charge in [-0.1, -0.05) is 36.4 Å². The van der Waals surface area contributed by atoms with Crippen LogP contribution in [0.1, 0.15) is 11.1 Å². The minimum Gasteiger partial charge on any atom is -0.312 e. The normalized spacial score (nSPS) is 10.4. The SMILES string of the molecule is Brc1ccc(CNCCc2ccccc2)cn1. The molecule has 0 unspecified atom stereocenters. The third-order valence-electron chi connectivity index (χ3n) is 2.55. The van der Waals surface area contributed by atoms with Crippen molar-refractivity contribution in [2.24, 2.45) is 0 Å². The van der Waals surface area contributed by atoms with E-state index in [0.717, 1.165) is 24.1 Å². The maximum atomic E-state index is 4.19. The first-order valence-electron chi connectivity index (χ1n) is 5.70. The van der Waals surface area contributed by atoms with E-state index < -0.39 is 0 Å². The van der Waals surface area contributed by atoms with E-state index in [9.17, 15) is 0 Å². The summed E-state index contributed by atoms with van der Waals surface area (Å²) in [5, 5.41) is 3.41. The maximum Gasteiger partial charge on any atom is 0.106 e. The molecule has 2 nitrogen and oxygen atoms in total. The highest BCUT2D eigenvalue weighted by Gasteiger charge is 1.94. The second-order valence-electron chi connectivity index (χ2n) is 3.90. The molecule has 3 heteroatoms. The van der Waals surface area contributed by atoms with Crippen LogP contribution in [0.3, 0.4) is 0 Å². The van der Waals surface area contributed by atoms with Gasteiger partial charge in [0.2, 0.25) is 0 Å². The number of nitrogens with zero attached hydrogens (tertiary/aromatic N) is 1. The van der Waals surface area contributed by atoms with Crippen LogP contribution < -0.4 is 5.32 Å². The molecule has 0 radical (unpaired) electrons. The van der Waals surface area contributed by atoms with E-state index >= 15 is 0 Å². The highest BCUT2D eigenvalue weighted by atomic mass is 79.9. The number of rotatable bonds is 5. The number of halogens is 1. The van der Waals surface area contributed by atoms with Gasteiger partial charge >= 0.3 is 0 Å². The lowest BCUT2D eigenvalue weighted by molar-refractivity contribution is 0.685. The Morgan fingerprint density at radius 1 is 1.00 bits per heavy atom. The molecule has 0 spiro atoms. The summed E-state index contributed by atoms with van der Waals surface area (Å²) in [5.74, 6) is 0. The lowest BCUT2D eigenvalue weighted by Gasteiger charge is -2.04. The fourth-order valence-electron chi connectivity index (χ4n) is 1.62. The van der Waals surface area contributed by atoms with Crippen molar-refractivity contribution in [3.8, 4) is 0 Å². The average Bonchev–Trinajstić information content (AvgIpc) is 2.38. The summed E-state index contributed by atoms with van der Waals surface area (Å²) in [4.78, 5) is 4.19. The molecule has 17 heavy (non-hydrogen) atoms. The van der Waals surface area contributed by atoms with Gasteiger partial charge in [-0.2, -0.15) is 0 Å². The summed E-state index contributed by atoms with van der Waals surface area (Å²) in [6.07, 6.45) is 2.95. The molecule has 1 N–H and O–H groups in total. The molecule has 2 rings (SSSR count). The van der Waals surface area contributed by atoms with Crippen LogP contribution in [0.25, 0.3) is 0 Å². The number of pyridine rings is 1. The number of aromatic nitrogens is 1. The summed E-state index contributed by atoms with van der Waals surface area (Å²) < 4.78 is 0.880. The van der Waals surface area contributed by atoms with Crippen LogP contribution in [0, 0.1) is 0 Å². The summed E-state index contributed by atoms with van der Waals surface area (Å²) >= 11 is 3.33. The van der Waals surface area contributed by atoms with Crippen molar-refractivity contribution in [3.63, 3.8) is 0 Å². The van der Waals surface area contributed by atoms with Gasteiger partial charge in [0.15, 0.2) is 0 Å². The van der Waals surface area contributed by atoms with Gasteiger partial charge in [-0.05, 0) is 46.1 Å². The van der Waals surface area contributed by atoms with Crippen molar-refractivity contribution in [2.45, 2.75) is 13.0 Å². The minimum atomic E-state index is 0.868. The largest absolute Gasteiger partial charge is 0.312 e. The fraction of sp³-hybridized carbons (Fsp3) is 0.214. The Hall–Kier alpha value is -1.19. The Morgan fingerprint density at radius 2 is 1.82 bits per heavy atom. The molecule has 0 amide bonds. The van der Waals surface area contributed by atoms with Gasteiger partial charge in [0.05, 0.1) is 0 Å². The van der Waals surface area contributed by atoms with Gasteiger partial charge in [0.25, 0.3) is 0 Å². The zero-order chi connectivity index (χ0) is 11.9. The highest BCUT2D eigenvalue weighted by Crippen LogP contribution is 2.06. The molecule has 0 atom stereocenters. The van der Waals surface area contributed by atoms with Crippen molar-refractivity contribution in [3.05, 3.63) is 64.4 Å². The van der Waals surface area contributed by atoms with Crippen LogP contribution in [0.5, 0.6) is 0 Å². The molecule has 88 valence electrons. The second kappa shape index (κ2) is 6.52. The third kappa shape index (κ3) is 4.29. The minimum absolute atomic E-state index is 0.868. The maximum absolute atomic E-state index is 4.19. The standard InChI is InChI=1S/C14H15BrN2/c15-14-7-6-13(11-17-14)10-16-9-8-12-4-2-1-3-5-12/h1-7,11,16H,8-10H2. The molecule has 1 aromatic carbocycles. The van der Waals surface area contributed by atoms with E-state index in [1.165, 1.54) is 11.1 Å². The van der Waals surface area contributed by atoms with Gasteiger partial charge < -0.3 is 5.32 Å². The number of benzene rings is 1. The Balaban J connectivity index is 1.71. The number of nitrogens with one attached hydrogen (secondary N) is 1. The highest BCUT2D eigenvalue weighted by molar-refractivity contribution is 9.10. The van der Waals surface area contributed by atoms with Crippen LogP contribution >= 0.6 is 15.9 Å². The third-order valence-corrected chi connectivity index (χ3v) is 3.02. The van der Waals surface area contributed by atoms with Crippen LogP contribution in [0.4, 0.5) is 0 Å². The zero-order valence-corrected chi connectivity index (χ0v) is 11.2. The van der Waals surface area contributed by atoms with Crippen molar-refractivity contribution in [2.75, 3.05) is 6.54 Å². The van der Waals surface area contributed by atoms with Crippen LogP contribution in [-0.2, 0) is 13.0 Å². The first kappa shape index (κ1) is 12.3. The summed E-state index contributed by atoms with van der Waals surface area (Å²) in [5.41, 5.74) is 2.58. The average molecular weight is 291 g/mol. The quantitative estimate of drug-likeness (QED) is 0.676. The molecule has 0 bridgehead atoms. The van der Waals surface area contributed by atoms with E-state index in [0.29, 0.717) is 0 Å². The molecule has 1 heterocycles. The van der Waals surface area contributed by atoms with Crippen LogP contribution in [0.15, 0.2) is 53.3 Å². The number of hydrogen-bond acceptors (Lipinski definition) is 2.